The number of hydrogen-bond donors (Lipinski definition) is 1. The monoisotopic (exact) mass is 297 g/mol. The first-order valence-electron chi connectivity index (χ1n) is 4.70. The van der Waals surface area contributed by atoms with Crippen LogP contribution in [-0.2, 0) is 32.7 Å². The van der Waals surface area contributed by atoms with Crippen molar-refractivity contribution in [2.24, 2.45) is 0 Å². The van der Waals surface area contributed by atoms with Crippen LogP contribution in [0.2, 0.25) is 0 Å². The van der Waals surface area contributed by atoms with E-state index in [1.54, 1.807) is 12.4 Å². The van der Waals surface area contributed by atoms with Gasteiger partial charge in [0, 0.05) is 45.1 Å². The standard InChI is InChI=1S/C10H7BN5.Y/c1-16-5-6(4-13-16)7-2-3-12-9-8(7)14-10(11)15-9;/h2-5H,1H2,(H,12,14,15);/q-1;. The number of nitrogens with one attached hydrogen (secondary N) is 1. The normalized spacial score (nSPS) is 10.4. The Morgan fingerprint density at radius 1 is 1.41 bits per heavy atom. The van der Waals surface area contributed by atoms with Gasteiger partial charge in [-0.15, -0.1) is 6.20 Å². The molecule has 3 heterocycles. The number of pyridine rings is 1. The van der Waals surface area contributed by atoms with Gasteiger partial charge in [0.1, 0.15) is 0 Å². The maximum Gasteiger partial charge on any atom is 0.177 e. The number of hydrogen-bond acceptors (Lipinski definition) is 3. The minimum absolute atomic E-state index is 0. The maximum absolute atomic E-state index is 5.60. The van der Waals surface area contributed by atoms with Crippen LogP contribution in [0.4, 0.5) is 0 Å². The van der Waals surface area contributed by atoms with Crippen LogP contribution in [0.1, 0.15) is 0 Å². The second kappa shape index (κ2) is 4.62. The first-order valence-corrected chi connectivity index (χ1v) is 4.70. The Kier molecular flexibility index (Phi) is 3.35. The Morgan fingerprint density at radius 2 is 2.24 bits per heavy atom. The van der Waals surface area contributed by atoms with Crippen LogP contribution in [0, 0.1) is 7.05 Å². The molecule has 3 radical (unpaired) electrons. The van der Waals surface area contributed by atoms with Crippen LogP contribution < -0.4 is 5.72 Å². The fourth-order valence-electron chi connectivity index (χ4n) is 1.67. The summed E-state index contributed by atoms with van der Waals surface area (Å²) >= 11 is 0. The van der Waals surface area contributed by atoms with Gasteiger partial charge in [0.05, 0.1) is 11.2 Å². The fraction of sp³-hybridized carbons (Fsp3) is 0. The number of imidazole rings is 1. The summed E-state index contributed by atoms with van der Waals surface area (Å²) in [7, 11) is 9.29. The molecule has 1 N–H and O–H groups in total. The Labute approximate surface area is 124 Å². The molecule has 3 rings (SSSR count). The van der Waals surface area contributed by atoms with Crippen LogP contribution >= 0.6 is 0 Å². The predicted molar refractivity (Wildman–Crippen MR) is 61.3 cm³/mol. The van der Waals surface area contributed by atoms with Crippen molar-refractivity contribution in [3.8, 4) is 11.1 Å². The molecule has 0 amide bonds. The van der Waals surface area contributed by atoms with E-state index in [0.29, 0.717) is 11.4 Å². The molecule has 0 unspecified atom stereocenters. The van der Waals surface area contributed by atoms with E-state index in [0.717, 1.165) is 16.6 Å². The Bertz CT molecular complexity index is 660. The van der Waals surface area contributed by atoms with Crippen molar-refractivity contribution in [1.82, 2.24) is 24.7 Å². The third-order valence-corrected chi connectivity index (χ3v) is 2.35. The van der Waals surface area contributed by atoms with Gasteiger partial charge in [-0.1, -0.05) is 5.56 Å². The molecule has 0 atom stereocenters. The fourth-order valence-corrected chi connectivity index (χ4v) is 1.67. The van der Waals surface area contributed by atoms with Gasteiger partial charge in [-0.25, -0.2) is 15.1 Å². The second-order valence-electron chi connectivity index (χ2n) is 3.45. The molecule has 0 spiro atoms. The molecule has 7 heteroatoms. The molecule has 0 aliphatic rings. The third kappa shape index (κ3) is 2.15. The van der Waals surface area contributed by atoms with Crippen molar-refractivity contribution >= 4 is 24.7 Å². The zero-order valence-electron chi connectivity index (χ0n) is 8.96. The van der Waals surface area contributed by atoms with Crippen molar-refractivity contribution < 1.29 is 32.7 Å². The zero-order valence-corrected chi connectivity index (χ0v) is 11.8. The molecule has 0 bridgehead atoms. The maximum atomic E-state index is 5.60. The SMILES string of the molecule is [B]c1nc2nccc(-c3cnn([CH2-])c3)c2[nH]1.[Y]. The molecule has 0 aromatic carbocycles. The number of aromatic nitrogens is 5. The molecule has 17 heavy (non-hydrogen) atoms. The number of H-pyrrole nitrogens is 1. The summed E-state index contributed by atoms with van der Waals surface area (Å²) in [5.74, 6) is 0. The van der Waals surface area contributed by atoms with E-state index >= 15 is 0 Å². The number of nitrogens with zero attached hydrogens (tertiary/aromatic N) is 4. The molecule has 3 aromatic rings. The van der Waals surface area contributed by atoms with Gasteiger partial charge in [-0.3, -0.25) is 0 Å². The zero-order chi connectivity index (χ0) is 11.1. The minimum Gasteiger partial charge on any atom is -0.408 e. The first-order chi connectivity index (χ1) is 7.74. The van der Waals surface area contributed by atoms with Crippen LogP contribution in [0.15, 0.2) is 24.7 Å². The Hall–Kier alpha value is -1.13. The average molecular weight is 297 g/mol. The van der Waals surface area contributed by atoms with Gasteiger partial charge in [0.15, 0.2) is 13.5 Å². The van der Waals surface area contributed by atoms with Crippen LogP contribution in [0.5, 0.6) is 0 Å². The summed E-state index contributed by atoms with van der Waals surface area (Å²) in [5, 5.41) is 4.03. The van der Waals surface area contributed by atoms with Crippen LogP contribution in [0.25, 0.3) is 22.3 Å². The van der Waals surface area contributed by atoms with Crippen molar-refractivity contribution in [1.29, 1.82) is 0 Å². The van der Waals surface area contributed by atoms with Crippen molar-refractivity contribution in [2.75, 3.05) is 0 Å². The molecule has 0 fully saturated rings. The summed E-state index contributed by atoms with van der Waals surface area (Å²) < 4.78 is 1.50. The molecule has 79 valence electrons. The smallest absolute Gasteiger partial charge is 0.177 e. The first kappa shape index (κ1) is 12.3. The molecule has 3 aromatic heterocycles. The molecule has 0 saturated carbocycles. The van der Waals surface area contributed by atoms with E-state index in [4.69, 9.17) is 7.85 Å². The average Bonchev–Trinajstić information content (AvgIpc) is 2.82. The molecule has 0 aliphatic heterocycles. The van der Waals surface area contributed by atoms with Crippen LogP contribution in [-0.4, -0.2) is 32.6 Å². The number of aromatic amines is 1. The van der Waals surface area contributed by atoms with E-state index in [1.807, 2.05) is 12.3 Å². The Balaban J connectivity index is 0.00000108. The summed E-state index contributed by atoms with van der Waals surface area (Å²) in [4.78, 5) is 11.2. The van der Waals surface area contributed by atoms with Gasteiger partial charge >= 0.3 is 0 Å². The van der Waals surface area contributed by atoms with E-state index in [9.17, 15) is 0 Å². The van der Waals surface area contributed by atoms with Crippen molar-refractivity contribution in [3.05, 3.63) is 31.7 Å². The largest absolute Gasteiger partial charge is 0.408 e. The third-order valence-electron chi connectivity index (χ3n) is 2.35. The number of rotatable bonds is 1. The Morgan fingerprint density at radius 3 is 2.94 bits per heavy atom. The topological polar surface area (TPSA) is 59.4 Å². The minimum atomic E-state index is 0. The van der Waals surface area contributed by atoms with E-state index in [1.165, 1.54) is 4.68 Å². The summed E-state index contributed by atoms with van der Waals surface area (Å²) in [5.41, 5.74) is 3.69. The predicted octanol–water partition coefficient (Wildman–Crippen LogP) is 0.252. The van der Waals surface area contributed by atoms with Crippen LogP contribution in [0.3, 0.4) is 0 Å². The molecule has 5 nitrogen and oxygen atoms in total. The van der Waals surface area contributed by atoms with Gasteiger partial charge in [0.2, 0.25) is 0 Å². The van der Waals surface area contributed by atoms with Crippen molar-refractivity contribution in [3.63, 3.8) is 0 Å². The van der Waals surface area contributed by atoms with E-state index in [2.05, 4.69) is 27.1 Å². The quantitative estimate of drug-likeness (QED) is 0.517. The van der Waals surface area contributed by atoms with E-state index in [-0.39, 0.29) is 32.7 Å². The molecular formula is C10H7BN5Y-. The van der Waals surface area contributed by atoms with Gasteiger partial charge in [0.25, 0.3) is 0 Å². The summed E-state index contributed by atoms with van der Waals surface area (Å²) in [6, 6.07) is 1.89. The van der Waals surface area contributed by atoms with Gasteiger partial charge < -0.3 is 9.67 Å². The van der Waals surface area contributed by atoms with Gasteiger partial charge in [-0.2, -0.15) is 7.05 Å². The molecule has 0 saturated heterocycles. The number of fused-ring (bicyclic) bond motifs is 1. The molecule has 0 aliphatic carbocycles. The van der Waals surface area contributed by atoms with E-state index < -0.39 is 0 Å². The van der Waals surface area contributed by atoms with Gasteiger partial charge in [-0.05, 0) is 11.6 Å². The summed E-state index contributed by atoms with van der Waals surface area (Å²) in [6.07, 6.45) is 5.25. The van der Waals surface area contributed by atoms with Crippen molar-refractivity contribution in [2.45, 2.75) is 0 Å². The summed E-state index contributed by atoms with van der Waals surface area (Å²) in [6.45, 7) is 0. The second-order valence-corrected chi connectivity index (χ2v) is 3.45. The molecular weight excluding hydrogens is 290 g/mol.